The van der Waals surface area contributed by atoms with Crippen LogP contribution >= 0.6 is 11.6 Å². The molecule has 1 atom stereocenters. The fourth-order valence-corrected chi connectivity index (χ4v) is 2.13. The van der Waals surface area contributed by atoms with Crippen LogP contribution in [0.5, 0.6) is 17.4 Å². The molecular formula is C18H19ClN2O3. The van der Waals surface area contributed by atoms with Gasteiger partial charge in [-0.1, -0.05) is 23.8 Å². The first kappa shape index (κ1) is 17.8. The first-order valence-corrected chi connectivity index (χ1v) is 7.78. The van der Waals surface area contributed by atoms with Crippen LogP contribution in [0.2, 0.25) is 5.02 Å². The van der Waals surface area contributed by atoms with Gasteiger partial charge < -0.3 is 14.8 Å². The summed E-state index contributed by atoms with van der Waals surface area (Å²) in [7, 11) is 1.58. The minimum atomic E-state index is -0.0656. The van der Waals surface area contributed by atoms with Crippen LogP contribution in [0, 0.1) is 0 Å². The Morgan fingerprint density at radius 3 is 2.75 bits per heavy atom. The Kier molecular flexibility index (Phi) is 6.21. The monoisotopic (exact) mass is 346 g/mol. The zero-order chi connectivity index (χ0) is 17.5. The summed E-state index contributed by atoms with van der Waals surface area (Å²) in [6.07, 6.45) is 5.45. The van der Waals surface area contributed by atoms with Crippen molar-refractivity contribution < 1.29 is 14.3 Å². The molecule has 0 radical (unpaired) electrons. The number of methoxy groups -OCH3 is 1. The second-order valence-corrected chi connectivity index (χ2v) is 5.58. The Hall–Kier alpha value is -2.53. The molecule has 1 aromatic heterocycles. The maximum absolute atomic E-state index is 11.0. The molecule has 24 heavy (non-hydrogen) atoms. The fourth-order valence-electron chi connectivity index (χ4n) is 1.98. The Balaban J connectivity index is 2.04. The van der Waals surface area contributed by atoms with Gasteiger partial charge >= 0.3 is 0 Å². The molecule has 0 aliphatic rings. The summed E-state index contributed by atoms with van der Waals surface area (Å²) in [5.74, 6) is 1.49. The minimum absolute atomic E-state index is 0.0472. The van der Waals surface area contributed by atoms with E-state index in [1.54, 1.807) is 37.6 Å². The Labute approximate surface area is 146 Å². The number of nitrogens with zero attached hydrogens (tertiary/aromatic N) is 1. The molecule has 5 nitrogen and oxygen atoms in total. The molecule has 0 aliphatic carbocycles. The molecule has 6 heteroatoms. The van der Waals surface area contributed by atoms with E-state index in [9.17, 15) is 4.79 Å². The molecule has 0 spiro atoms. The van der Waals surface area contributed by atoms with E-state index < -0.39 is 0 Å². The number of pyridine rings is 1. The number of aromatic nitrogens is 1. The molecule has 126 valence electrons. The summed E-state index contributed by atoms with van der Waals surface area (Å²) < 4.78 is 10.8. The topological polar surface area (TPSA) is 60.5 Å². The molecule has 2 rings (SSSR count). The van der Waals surface area contributed by atoms with Crippen LogP contribution in [0.25, 0.3) is 6.08 Å². The molecular weight excluding hydrogens is 328 g/mol. The van der Waals surface area contributed by atoms with Gasteiger partial charge in [0.25, 0.3) is 0 Å². The van der Waals surface area contributed by atoms with Crippen molar-refractivity contribution in [2.24, 2.45) is 0 Å². The van der Waals surface area contributed by atoms with Gasteiger partial charge in [0.05, 0.1) is 12.1 Å². The van der Waals surface area contributed by atoms with E-state index in [1.807, 2.05) is 25.1 Å². The van der Waals surface area contributed by atoms with Gasteiger partial charge in [0.1, 0.15) is 5.75 Å². The highest BCUT2D eigenvalue weighted by atomic mass is 35.5. The molecule has 0 saturated heterocycles. The van der Waals surface area contributed by atoms with E-state index in [4.69, 9.17) is 21.1 Å². The van der Waals surface area contributed by atoms with Crippen molar-refractivity contribution in [1.82, 2.24) is 10.3 Å². The average molecular weight is 347 g/mol. The lowest BCUT2D eigenvalue weighted by Crippen LogP contribution is -2.28. The second-order valence-electron chi connectivity index (χ2n) is 5.18. The van der Waals surface area contributed by atoms with Crippen LogP contribution in [0.3, 0.4) is 0 Å². The molecule has 0 aliphatic heterocycles. The third-order valence-corrected chi connectivity index (χ3v) is 3.43. The molecule has 1 heterocycles. The van der Waals surface area contributed by atoms with Gasteiger partial charge in [0, 0.05) is 31.3 Å². The first-order chi connectivity index (χ1) is 11.5. The zero-order valence-corrected chi connectivity index (χ0v) is 14.5. The number of amides is 1. The molecule has 1 N–H and O–H groups in total. The van der Waals surface area contributed by atoms with Crippen LogP contribution in [0.1, 0.15) is 19.4 Å². The minimum Gasteiger partial charge on any atom is -0.497 e. The lowest BCUT2D eigenvalue weighted by molar-refractivity contribution is -0.119. The quantitative estimate of drug-likeness (QED) is 0.856. The molecule has 0 fully saturated rings. The number of benzene rings is 1. The van der Waals surface area contributed by atoms with Crippen molar-refractivity contribution in [3.63, 3.8) is 0 Å². The van der Waals surface area contributed by atoms with Gasteiger partial charge in [-0.05, 0) is 30.7 Å². The average Bonchev–Trinajstić information content (AvgIpc) is 2.55. The summed E-state index contributed by atoms with van der Waals surface area (Å²) >= 11 is 6.11. The zero-order valence-electron chi connectivity index (χ0n) is 13.7. The number of halogens is 1. The highest BCUT2D eigenvalue weighted by Crippen LogP contribution is 2.32. The summed E-state index contributed by atoms with van der Waals surface area (Å²) in [6.45, 7) is 3.38. The summed E-state index contributed by atoms with van der Waals surface area (Å²) in [6, 6.07) is 8.73. The number of carbonyl (C=O) groups excluding carboxylic acids is 1. The van der Waals surface area contributed by atoms with E-state index in [1.165, 1.54) is 6.92 Å². The third kappa shape index (κ3) is 5.28. The van der Waals surface area contributed by atoms with Crippen LogP contribution in [0.15, 0.2) is 42.6 Å². The molecule has 1 aromatic carbocycles. The van der Waals surface area contributed by atoms with Crippen LogP contribution in [-0.2, 0) is 4.79 Å². The molecule has 0 unspecified atom stereocenters. The maximum Gasteiger partial charge on any atom is 0.219 e. The largest absolute Gasteiger partial charge is 0.497 e. The molecule has 2 aromatic rings. The summed E-state index contributed by atoms with van der Waals surface area (Å²) in [5, 5.41) is 3.25. The van der Waals surface area contributed by atoms with Crippen molar-refractivity contribution in [2.45, 2.75) is 19.9 Å². The SMILES string of the molecule is COc1ccc(Cl)c(Oc2ccc(C=C[C@H](C)NC(C)=O)cn2)c1. The third-order valence-electron chi connectivity index (χ3n) is 3.12. The van der Waals surface area contributed by atoms with Crippen LogP contribution in [-0.4, -0.2) is 24.0 Å². The number of rotatable bonds is 6. The highest BCUT2D eigenvalue weighted by Gasteiger charge is 2.06. The van der Waals surface area contributed by atoms with Crippen molar-refractivity contribution in [3.8, 4) is 17.4 Å². The lowest BCUT2D eigenvalue weighted by Gasteiger charge is -2.09. The van der Waals surface area contributed by atoms with Gasteiger partial charge in [0.2, 0.25) is 11.8 Å². The maximum atomic E-state index is 11.0. The second kappa shape index (κ2) is 8.36. The van der Waals surface area contributed by atoms with Crippen LogP contribution in [0.4, 0.5) is 0 Å². The number of hydrogen-bond donors (Lipinski definition) is 1. The van der Waals surface area contributed by atoms with E-state index in [0.29, 0.717) is 22.4 Å². The lowest BCUT2D eigenvalue weighted by atomic mass is 10.2. The van der Waals surface area contributed by atoms with Gasteiger partial charge in [-0.25, -0.2) is 4.98 Å². The van der Waals surface area contributed by atoms with Crippen molar-refractivity contribution >= 4 is 23.6 Å². The predicted octanol–water partition coefficient (Wildman–Crippen LogP) is 4.07. The van der Waals surface area contributed by atoms with E-state index in [0.717, 1.165) is 5.56 Å². The molecule has 1 amide bonds. The van der Waals surface area contributed by atoms with Gasteiger partial charge in [0.15, 0.2) is 5.75 Å². The molecule has 0 saturated carbocycles. The number of nitrogens with one attached hydrogen (secondary N) is 1. The van der Waals surface area contributed by atoms with Crippen molar-refractivity contribution in [3.05, 3.63) is 53.2 Å². The van der Waals surface area contributed by atoms with Gasteiger partial charge in [-0.15, -0.1) is 0 Å². The van der Waals surface area contributed by atoms with Gasteiger partial charge in [-0.3, -0.25) is 4.79 Å². The smallest absolute Gasteiger partial charge is 0.219 e. The van der Waals surface area contributed by atoms with Gasteiger partial charge in [-0.2, -0.15) is 0 Å². The van der Waals surface area contributed by atoms with E-state index >= 15 is 0 Å². The Bertz CT molecular complexity index is 730. The summed E-state index contributed by atoms with van der Waals surface area (Å²) in [4.78, 5) is 15.2. The van der Waals surface area contributed by atoms with Crippen molar-refractivity contribution in [2.75, 3.05) is 7.11 Å². The van der Waals surface area contributed by atoms with E-state index in [2.05, 4.69) is 10.3 Å². The first-order valence-electron chi connectivity index (χ1n) is 7.40. The number of ether oxygens (including phenoxy) is 2. The molecule has 0 bridgehead atoms. The van der Waals surface area contributed by atoms with Crippen molar-refractivity contribution in [1.29, 1.82) is 0 Å². The number of hydrogen-bond acceptors (Lipinski definition) is 4. The number of carbonyl (C=O) groups is 1. The summed E-state index contributed by atoms with van der Waals surface area (Å²) in [5.41, 5.74) is 0.899. The standard InChI is InChI=1S/C18H19ClN2O3/c1-12(21-13(2)22)4-5-14-6-9-18(20-11-14)24-17-10-15(23-3)7-8-16(17)19/h4-12H,1-3H3,(H,21,22)/t12-/m0/s1. The van der Waals surface area contributed by atoms with E-state index in [-0.39, 0.29) is 11.9 Å². The fraction of sp³-hybridized carbons (Fsp3) is 0.222. The Morgan fingerprint density at radius 2 is 2.12 bits per heavy atom. The van der Waals surface area contributed by atoms with Crippen LogP contribution < -0.4 is 14.8 Å². The normalized spacial score (nSPS) is 12.0. The predicted molar refractivity (Wildman–Crippen MR) is 94.6 cm³/mol. The Morgan fingerprint density at radius 1 is 1.33 bits per heavy atom. The highest BCUT2D eigenvalue weighted by molar-refractivity contribution is 6.32.